The Balaban J connectivity index is 0.00000208. The average Bonchev–Trinajstić information content (AvgIpc) is 2.58. The summed E-state index contributed by atoms with van der Waals surface area (Å²) in [5.74, 6) is -0.485. The van der Waals surface area contributed by atoms with E-state index < -0.39 is 0 Å². The average molecular weight is 349 g/mol. The number of fused-ring (bicyclic) bond motifs is 1. The van der Waals surface area contributed by atoms with Gasteiger partial charge in [-0.2, -0.15) is 0 Å². The number of aryl methyl sites for hydroxylation is 1. The first-order chi connectivity index (χ1) is 11.2. The van der Waals surface area contributed by atoms with E-state index in [0.717, 1.165) is 24.1 Å². The Morgan fingerprint density at radius 3 is 2.58 bits per heavy atom. The number of amides is 1. The van der Waals surface area contributed by atoms with Crippen LogP contribution in [0.15, 0.2) is 36.4 Å². The Kier molecular flexibility index (Phi) is 6.35. The van der Waals surface area contributed by atoms with Crippen LogP contribution in [0.3, 0.4) is 0 Å². The smallest absolute Gasteiger partial charge is 0.228 e. The molecule has 24 heavy (non-hydrogen) atoms. The van der Waals surface area contributed by atoms with Gasteiger partial charge in [-0.25, -0.2) is 4.39 Å². The normalized spacial score (nSPS) is 12.9. The standard InChI is InChI=1S/C19H21FN2O.ClH/c1-2-13-3-5-14(6-4-13)11-18(23)22-17-8-7-15-12-21-10-9-16(15)19(17)20;/h3-8,21H,2,9-12H2,1H3,(H,22,23);1H. The molecule has 1 aliphatic rings. The summed E-state index contributed by atoms with van der Waals surface area (Å²) in [7, 11) is 0. The van der Waals surface area contributed by atoms with Gasteiger partial charge in [0.1, 0.15) is 5.82 Å². The van der Waals surface area contributed by atoms with Crippen LogP contribution in [0.5, 0.6) is 0 Å². The number of nitrogens with one attached hydrogen (secondary N) is 2. The van der Waals surface area contributed by atoms with E-state index in [0.29, 0.717) is 18.5 Å². The zero-order valence-corrected chi connectivity index (χ0v) is 14.5. The summed E-state index contributed by atoms with van der Waals surface area (Å²) in [5.41, 5.74) is 4.14. The van der Waals surface area contributed by atoms with E-state index in [2.05, 4.69) is 17.6 Å². The number of hydrogen-bond acceptors (Lipinski definition) is 2. The molecule has 0 atom stereocenters. The molecule has 0 radical (unpaired) electrons. The first-order valence-electron chi connectivity index (χ1n) is 8.06. The third kappa shape index (κ3) is 4.13. The van der Waals surface area contributed by atoms with Crippen LogP contribution < -0.4 is 10.6 Å². The molecule has 0 saturated heterocycles. The fourth-order valence-electron chi connectivity index (χ4n) is 2.90. The predicted molar refractivity (Wildman–Crippen MR) is 97.2 cm³/mol. The number of carbonyl (C=O) groups excluding carboxylic acids is 1. The number of rotatable bonds is 4. The predicted octanol–water partition coefficient (Wildman–Crippen LogP) is 3.64. The van der Waals surface area contributed by atoms with Crippen LogP contribution in [0.1, 0.15) is 29.2 Å². The Morgan fingerprint density at radius 1 is 1.17 bits per heavy atom. The van der Waals surface area contributed by atoms with Crippen molar-refractivity contribution in [2.24, 2.45) is 0 Å². The molecule has 2 aromatic carbocycles. The molecule has 1 amide bonds. The fraction of sp³-hybridized carbons (Fsp3) is 0.316. The van der Waals surface area contributed by atoms with Crippen LogP contribution in [0, 0.1) is 5.82 Å². The minimum absolute atomic E-state index is 0. The third-order valence-electron chi connectivity index (χ3n) is 4.28. The molecule has 0 saturated carbocycles. The van der Waals surface area contributed by atoms with Gasteiger partial charge < -0.3 is 10.6 Å². The summed E-state index contributed by atoms with van der Waals surface area (Å²) in [6, 6.07) is 11.5. The van der Waals surface area contributed by atoms with Gasteiger partial charge in [-0.15, -0.1) is 12.4 Å². The maximum absolute atomic E-state index is 14.5. The molecule has 3 rings (SSSR count). The molecule has 2 aromatic rings. The molecule has 0 bridgehead atoms. The van der Waals surface area contributed by atoms with Gasteiger partial charge in [0.15, 0.2) is 0 Å². The second-order valence-corrected chi connectivity index (χ2v) is 5.89. The number of hydrogen-bond donors (Lipinski definition) is 2. The van der Waals surface area contributed by atoms with Gasteiger partial charge in [-0.3, -0.25) is 4.79 Å². The highest BCUT2D eigenvalue weighted by atomic mass is 35.5. The lowest BCUT2D eigenvalue weighted by molar-refractivity contribution is -0.115. The summed E-state index contributed by atoms with van der Waals surface area (Å²) in [6.07, 6.45) is 1.88. The largest absolute Gasteiger partial charge is 0.323 e. The van der Waals surface area contributed by atoms with E-state index in [9.17, 15) is 9.18 Å². The molecule has 128 valence electrons. The van der Waals surface area contributed by atoms with Crippen molar-refractivity contribution in [3.63, 3.8) is 0 Å². The monoisotopic (exact) mass is 348 g/mol. The van der Waals surface area contributed by atoms with Crippen molar-refractivity contribution in [2.45, 2.75) is 32.7 Å². The van der Waals surface area contributed by atoms with Gasteiger partial charge in [0, 0.05) is 6.54 Å². The Morgan fingerprint density at radius 2 is 1.88 bits per heavy atom. The lowest BCUT2D eigenvalue weighted by Gasteiger charge is -2.19. The minimum Gasteiger partial charge on any atom is -0.323 e. The first-order valence-corrected chi connectivity index (χ1v) is 8.06. The van der Waals surface area contributed by atoms with Crippen molar-refractivity contribution >= 4 is 24.0 Å². The molecule has 0 unspecified atom stereocenters. The highest BCUT2D eigenvalue weighted by Gasteiger charge is 2.17. The maximum Gasteiger partial charge on any atom is 0.228 e. The van der Waals surface area contributed by atoms with Gasteiger partial charge in [-0.05, 0) is 47.7 Å². The Hall–Kier alpha value is -1.91. The highest BCUT2D eigenvalue weighted by Crippen LogP contribution is 2.24. The van der Waals surface area contributed by atoms with E-state index in [1.807, 2.05) is 30.3 Å². The minimum atomic E-state index is -0.293. The number of anilines is 1. The van der Waals surface area contributed by atoms with E-state index in [-0.39, 0.29) is 36.2 Å². The van der Waals surface area contributed by atoms with Crippen molar-refractivity contribution in [3.05, 3.63) is 64.5 Å². The summed E-state index contributed by atoms with van der Waals surface area (Å²) in [4.78, 5) is 12.2. The molecule has 5 heteroatoms. The van der Waals surface area contributed by atoms with Crippen molar-refractivity contribution < 1.29 is 9.18 Å². The molecule has 0 spiro atoms. The van der Waals surface area contributed by atoms with Gasteiger partial charge in [0.2, 0.25) is 5.91 Å². The molecule has 0 aliphatic carbocycles. The van der Waals surface area contributed by atoms with Crippen molar-refractivity contribution in [1.82, 2.24) is 5.32 Å². The second kappa shape index (κ2) is 8.27. The van der Waals surface area contributed by atoms with Crippen LogP contribution in [-0.4, -0.2) is 12.5 Å². The molecule has 0 fully saturated rings. The topological polar surface area (TPSA) is 41.1 Å². The summed E-state index contributed by atoms with van der Waals surface area (Å²) >= 11 is 0. The van der Waals surface area contributed by atoms with Crippen LogP contribution in [0.4, 0.5) is 10.1 Å². The molecule has 3 nitrogen and oxygen atoms in total. The SMILES string of the molecule is CCc1ccc(CC(=O)Nc2ccc3c(c2F)CCNC3)cc1.Cl. The van der Waals surface area contributed by atoms with E-state index in [1.54, 1.807) is 6.07 Å². The van der Waals surface area contributed by atoms with E-state index in [4.69, 9.17) is 0 Å². The zero-order chi connectivity index (χ0) is 16.2. The van der Waals surface area contributed by atoms with Crippen molar-refractivity contribution in [3.8, 4) is 0 Å². The first kappa shape index (κ1) is 18.4. The Labute approximate surface area is 148 Å². The lowest BCUT2D eigenvalue weighted by Crippen LogP contribution is -2.25. The maximum atomic E-state index is 14.5. The Bertz CT molecular complexity index is 716. The fourth-order valence-corrected chi connectivity index (χ4v) is 2.90. The summed E-state index contributed by atoms with van der Waals surface area (Å²) in [5, 5.41) is 5.92. The lowest BCUT2D eigenvalue weighted by atomic mass is 9.99. The van der Waals surface area contributed by atoms with Crippen LogP contribution in [0.25, 0.3) is 0 Å². The van der Waals surface area contributed by atoms with Gasteiger partial charge in [0.25, 0.3) is 0 Å². The molecule has 0 aromatic heterocycles. The highest BCUT2D eigenvalue weighted by molar-refractivity contribution is 5.92. The number of benzene rings is 2. The summed E-state index contributed by atoms with van der Waals surface area (Å²) < 4.78 is 14.5. The third-order valence-corrected chi connectivity index (χ3v) is 4.28. The molecule has 2 N–H and O–H groups in total. The van der Waals surface area contributed by atoms with Gasteiger partial charge in [0.05, 0.1) is 12.1 Å². The van der Waals surface area contributed by atoms with Crippen LogP contribution in [0.2, 0.25) is 0 Å². The summed E-state index contributed by atoms with van der Waals surface area (Å²) in [6.45, 7) is 3.55. The quantitative estimate of drug-likeness (QED) is 0.885. The number of carbonyl (C=O) groups is 1. The van der Waals surface area contributed by atoms with E-state index >= 15 is 0 Å². The van der Waals surface area contributed by atoms with Crippen molar-refractivity contribution in [1.29, 1.82) is 0 Å². The van der Waals surface area contributed by atoms with E-state index in [1.165, 1.54) is 5.56 Å². The van der Waals surface area contributed by atoms with Crippen LogP contribution >= 0.6 is 12.4 Å². The molecule has 1 heterocycles. The van der Waals surface area contributed by atoms with Crippen molar-refractivity contribution in [2.75, 3.05) is 11.9 Å². The number of halogens is 2. The molecule has 1 aliphatic heterocycles. The van der Waals surface area contributed by atoms with Crippen LogP contribution in [-0.2, 0) is 30.6 Å². The zero-order valence-electron chi connectivity index (χ0n) is 13.7. The molecular formula is C19H22ClFN2O. The molecular weight excluding hydrogens is 327 g/mol. The van der Waals surface area contributed by atoms with Gasteiger partial charge in [-0.1, -0.05) is 37.3 Å². The van der Waals surface area contributed by atoms with Gasteiger partial charge >= 0.3 is 0 Å². The second-order valence-electron chi connectivity index (χ2n) is 5.89.